The number of ether oxygens (including phenoxy) is 1. The van der Waals surface area contributed by atoms with E-state index in [1.165, 1.54) is 19.3 Å². The fraction of sp³-hybridized carbons (Fsp3) is 0.409. The SMILES string of the molecule is CCCCCCOc1ccc(C(=O)NC(CC)c2ccccc2)cc1Br. The minimum Gasteiger partial charge on any atom is -0.492 e. The molecule has 0 aliphatic rings. The number of carbonyl (C=O) groups excluding carboxylic acids is 1. The summed E-state index contributed by atoms with van der Waals surface area (Å²) in [5.41, 5.74) is 1.75. The van der Waals surface area contributed by atoms with E-state index in [-0.39, 0.29) is 11.9 Å². The van der Waals surface area contributed by atoms with Crippen LogP contribution in [0.1, 0.15) is 67.9 Å². The van der Waals surface area contributed by atoms with Gasteiger partial charge in [0, 0.05) is 5.56 Å². The van der Waals surface area contributed by atoms with Gasteiger partial charge < -0.3 is 10.1 Å². The van der Waals surface area contributed by atoms with Crippen LogP contribution in [0.15, 0.2) is 53.0 Å². The van der Waals surface area contributed by atoms with Crippen molar-refractivity contribution in [1.29, 1.82) is 0 Å². The Morgan fingerprint density at radius 2 is 1.85 bits per heavy atom. The molecule has 2 aromatic rings. The van der Waals surface area contributed by atoms with Gasteiger partial charge in [0.25, 0.3) is 5.91 Å². The molecule has 0 fully saturated rings. The molecule has 1 unspecified atom stereocenters. The van der Waals surface area contributed by atoms with Gasteiger partial charge in [0.2, 0.25) is 0 Å². The first-order valence-electron chi connectivity index (χ1n) is 9.43. The summed E-state index contributed by atoms with van der Waals surface area (Å²) in [7, 11) is 0. The van der Waals surface area contributed by atoms with Crippen LogP contribution in [0.2, 0.25) is 0 Å². The fourth-order valence-electron chi connectivity index (χ4n) is 2.82. The topological polar surface area (TPSA) is 38.3 Å². The van der Waals surface area contributed by atoms with Crippen LogP contribution in [0.4, 0.5) is 0 Å². The predicted molar refractivity (Wildman–Crippen MR) is 111 cm³/mol. The average Bonchev–Trinajstić information content (AvgIpc) is 2.67. The zero-order chi connectivity index (χ0) is 18.8. The second kappa shape index (κ2) is 11.0. The third-order valence-corrected chi connectivity index (χ3v) is 4.98. The predicted octanol–water partition coefficient (Wildman–Crippen LogP) is 6.29. The van der Waals surface area contributed by atoms with E-state index in [1.54, 1.807) is 0 Å². The van der Waals surface area contributed by atoms with E-state index < -0.39 is 0 Å². The summed E-state index contributed by atoms with van der Waals surface area (Å²) in [5, 5.41) is 3.11. The molecule has 0 saturated heterocycles. The molecule has 0 aliphatic heterocycles. The van der Waals surface area contributed by atoms with Gasteiger partial charge in [-0.25, -0.2) is 0 Å². The highest BCUT2D eigenvalue weighted by molar-refractivity contribution is 9.10. The van der Waals surface area contributed by atoms with Gasteiger partial charge in [0.05, 0.1) is 17.1 Å². The number of benzene rings is 2. The molecule has 1 N–H and O–H groups in total. The van der Waals surface area contributed by atoms with Gasteiger partial charge in [-0.15, -0.1) is 0 Å². The van der Waals surface area contributed by atoms with Crippen LogP contribution in [0.25, 0.3) is 0 Å². The number of halogens is 1. The van der Waals surface area contributed by atoms with Crippen LogP contribution >= 0.6 is 15.9 Å². The van der Waals surface area contributed by atoms with Crippen molar-refractivity contribution in [3.63, 3.8) is 0 Å². The molecule has 0 radical (unpaired) electrons. The molecule has 0 spiro atoms. The molecule has 0 heterocycles. The van der Waals surface area contributed by atoms with E-state index in [2.05, 4.69) is 35.1 Å². The van der Waals surface area contributed by atoms with Gasteiger partial charge in [-0.05, 0) is 52.5 Å². The molecule has 2 rings (SSSR count). The summed E-state index contributed by atoms with van der Waals surface area (Å²) in [6, 6.07) is 15.6. The van der Waals surface area contributed by atoms with E-state index in [4.69, 9.17) is 4.74 Å². The van der Waals surface area contributed by atoms with E-state index in [9.17, 15) is 4.79 Å². The Hall–Kier alpha value is -1.81. The second-order valence-corrected chi connectivity index (χ2v) is 7.25. The molecule has 0 bridgehead atoms. The lowest BCUT2D eigenvalue weighted by Crippen LogP contribution is -2.28. The number of unbranched alkanes of at least 4 members (excludes halogenated alkanes) is 3. The second-order valence-electron chi connectivity index (χ2n) is 6.40. The maximum absolute atomic E-state index is 12.6. The van der Waals surface area contributed by atoms with Gasteiger partial charge >= 0.3 is 0 Å². The van der Waals surface area contributed by atoms with E-state index in [0.717, 1.165) is 28.6 Å². The van der Waals surface area contributed by atoms with Gasteiger partial charge in [-0.1, -0.05) is 63.4 Å². The van der Waals surface area contributed by atoms with Crippen LogP contribution in [-0.4, -0.2) is 12.5 Å². The van der Waals surface area contributed by atoms with Crippen molar-refractivity contribution < 1.29 is 9.53 Å². The normalized spacial score (nSPS) is 11.8. The summed E-state index contributed by atoms with van der Waals surface area (Å²) >= 11 is 3.52. The Morgan fingerprint density at radius 1 is 1.08 bits per heavy atom. The Kier molecular flexibility index (Phi) is 8.69. The first kappa shape index (κ1) is 20.5. The molecule has 4 heteroatoms. The quantitative estimate of drug-likeness (QED) is 0.461. The minimum atomic E-state index is -0.0732. The molecule has 1 atom stereocenters. The van der Waals surface area contributed by atoms with Crippen molar-refractivity contribution in [2.45, 2.75) is 52.0 Å². The Bertz CT molecular complexity index is 688. The Balaban J connectivity index is 1.95. The zero-order valence-corrected chi connectivity index (χ0v) is 17.2. The van der Waals surface area contributed by atoms with Gasteiger partial charge in [-0.3, -0.25) is 4.79 Å². The maximum atomic E-state index is 12.6. The lowest BCUT2D eigenvalue weighted by Gasteiger charge is -2.18. The standard InChI is InChI=1S/C22H28BrNO2/c1-3-5-6-10-15-26-21-14-13-18(16-19(21)23)22(25)24-20(4-2)17-11-8-7-9-12-17/h7-9,11-14,16,20H,3-6,10,15H2,1-2H3,(H,24,25). The van der Waals surface area contributed by atoms with Gasteiger partial charge in [0.15, 0.2) is 0 Å². The summed E-state index contributed by atoms with van der Waals surface area (Å²) in [5.74, 6) is 0.712. The van der Waals surface area contributed by atoms with E-state index in [1.807, 2.05) is 48.5 Å². The van der Waals surface area contributed by atoms with Crippen molar-refractivity contribution in [2.24, 2.45) is 0 Å². The molecular weight excluding hydrogens is 390 g/mol. The van der Waals surface area contributed by atoms with Crippen molar-refractivity contribution in [2.75, 3.05) is 6.61 Å². The summed E-state index contributed by atoms with van der Waals surface area (Å²) in [6.07, 6.45) is 5.54. The Morgan fingerprint density at radius 3 is 2.50 bits per heavy atom. The highest BCUT2D eigenvalue weighted by atomic mass is 79.9. The van der Waals surface area contributed by atoms with Crippen molar-refractivity contribution in [1.82, 2.24) is 5.32 Å². The molecule has 0 saturated carbocycles. The van der Waals surface area contributed by atoms with E-state index in [0.29, 0.717) is 12.2 Å². The molecule has 0 aromatic heterocycles. The average molecular weight is 418 g/mol. The fourth-order valence-corrected chi connectivity index (χ4v) is 3.31. The van der Waals surface area contributed by atoms with Crippen molar-refractivity contribution in [3.8, 4) is 5.75 Å². The molecule has 1 amide bonds. The number of nitrogens with one attached hydrogen (secondary N) is 1. The van der Waals surface area contributed by atoms with Crippen molar-refractivity contribution >= 4 is 21.8 Å². The molecular formula is C22H28BrNO2. The lowest BCUT2D eigenvalue weighted by atomic mass is 10.0. The number of hydrogen-bond donors (Lipinski definition) is 1. The summed E-state index contributed by atoms with van der Waals surface area (Å²) in [4.78, 5) is 12.6. The van der Waals surface area contributed by atoms with Gasteiger partial charge in [-0.2, -0.15) is 0 Å². The molecule has 0 aliphatic carbocycles. The highest BCUT2D eigenvalue weighted by Gasteiger charge is 2.15. The Labute approximate surface area is 165 Å². The third kappa shape index (κ3) is 6.17. The number of carbonyl (C=O) groups is 1. The zero-order valence-electron chi connectivity index (χ0n) is 15.6. The third-order valence-electron chi connectivity index (χ3n) is 4.37. The molecule has 26 heavy (non-hydrogen) atoms. The number of hydrogen-bond acceptors (Lipinski definition) is 2. The van der Waals surface area contributed by atoms with E-state index >= 15 is 0 Å². The van der Waals surface area contributed by atoms with Crippen molar-refractivity contribution in [3.05, 3.63) is 64.1 Å². The molecule has 140 valence electrons. The van der Waals surface area contributed by atoms with Gasteiger partial charge in [0.1, 0.15) is 5.75 Å². The summed E-state index contributed by atoms with van der Waals surface area (Å²) in [6.45, 7) is 4.97. The molecule has 2 aromatic carbocycles. The van der Waals surface area contributed by atoms with Crippen LogP contribution in [-0.2, 0) is 0 Å². The highest BCUT2D eigenvalue weighted by Crippen LogP contribution is 2.27. The van der Waals surface area contributed by atoms with Crippen LogP contribution in [0, 0.1) is 0 Å². The van der Waals surface area contributed by atoms with Crippen LogP contribution in [0.3, 0.4) is 0 Å². The summed E-state index contributed by atoms with van der Waals surface area (Å²) < 4.78 is 6.62. The van der Waals surface area contributed by atoms with Crippen LogP contribution in [0.5, 0.6) is 5.75 Å². The monoisotopic (exact) mass is 417 g/mol. The first-order valence-corrected chi connectivity index (χ1v) is 10.2. The molecule has 3 nitrogen and oxygen atoms in total. The first-order chi connectivity index (χ1) is 12.7. The lowest BCUT2D eigenvalue weighted by molar-refractivity contribution is 0.0935. The largest absolute Gasteiger partial charge is 0.492 e. The maximum Gasteiger partial charge on any atom is 0.251 e. The number of amides is 1. The van der Waals surface area contributed by atoms with Crippen LogP contribution < -0.4 is 10.1 Å². The minimum absolute atomic E-state index is 0.0111. The smallest absolute Gasteiger partial charge is 0.251 e. The number of rotatable bonds is 10.